The van der Waals surface area contributed by atoms with E-state index in [9.17, 15) is 9.59 Å². The summed E-state index contributed by atoms with van der Waals surface area (Å²) in [5, 5.41) is 9.63. The van der Waals surface area contributed by atoms with Crippen LogP contribution in [0, 0.1) is 11.3 Å². The van der Waals surface area contributed by atoms with E-state index in [-0.39, 0.29) is 17.9 Å². The van der Waals surface area contributed by atoms with E-state index in [1.165, 1.54) is 0 Å². The van der Waals surface area contributed by atoms with Crippen LogP contribution in [0.5, 0.6) is 5.75 Å². The number of fused-ring (bicyclic) bond motifs is 1. The molecule has 1 unspecified atom stereocenters. The van der Waals surface area contributed by atoms with Crippen LogP contribution in [-0.2, 0) is 4.79 Å². The van der Waals surface area contributed by atoms with Gasteiger partial charge in [-0.25, -0.2) is 0 Å². The minimum Gasteiger partial charge on any atom is -0.489 e. The molecule has 0 saturated carbocycles. The zero-order valence-corrected chi connectivity index (χ0v) is 17.5. The molecule has 2 aliphatic heterocycles. The molecule has 6 heteroatoms. The maximum atomic E-state index is 13.3. The highest BCUT2D eigenvalue weighted by atomic mass is 16.5. The van der Waals surface area contributed by atoms with Gasteiger partial charge in [0.15, 0.2) is 0 Å². The topological polar surface area (TPSA) is 79.5 Å². The molecule has 1 spiro atoms. The Bertz CT molecular complexity index is 739. The van der Waals surface area contributed by atoms with Gasteiger partial charge < -0.3 is 20.7 Å². The first-order valence-electron chi connectivity index (χ1n) is 10.7. The summed E-state index contributed by atoms with van der Waals surface area (Å²) in [5.74, 6) is 0.878. The van der Waals surface area contributed by atoms with Crippen molar-refractivity contribution in [1.82, 2.24) is 16.0 Å². The van der Waals surface area contributed by atoms with Crippen molar-refractivity contribution in [3.05, 3.63) is 42.0 Å². The first kappa shape index (κ1) is 21.4. The van der Waals surface area contributed by atoms with Gasteiger partial charge in [0.25, 0.3) is 5.91 Å². The van der Waals surface area contributed by atoms with Gasteiger partial charge in [-0.1, -0.05) is 38.1 Å². The monoisotopic (exact) mass is 399 g/mol. The van der Waals surface area contributed by atoms with Gasteiger partial charge in [-0.2, -0.15) is 0 Å². The number of para-hydroxylation sites is 1. The van der Waals surface area contributed by atoms with Gasteiger partial charge in [0.2, 0.25) is 5.91 Å². The van der Waals surface area contributed by atoms with Crippen LogP contribution < -0.4 is 20.7 Å². The molecule has 2 aliphatic rings. The summed E-state index contributed by atoms with van der Waals surface area (Å²) in [5.41, 5.74) is 0.0660. The van der Waals surface area contributed by atoms with Crippen LogP contribution >= 0.6 is 0 Å². The molecule has 3 N–H and O–H groups in total. The second-order valence-electron chi connectivity index (χ2n) is 8.55. The lowest BCUT2D eigenvalue weighted by atomic mass is 9.76. The van der Waals surface area contributed by atoms with Crippen molar-refractivity contribution in [2.24, 2.45) is 11.3 Å². The van der Waals surface area contributed by atoms with Crippen LogP contribution in [0.1, 0.15) is 49.9 Å². The molecule has 3 rings (SSSR count). The minimum atomic E-state index is -0.448. The zero-order valence-electron chi connectivity index (χ0n) is 17.5. The molecule has 29 heavy (non-hydrogen) atoms. The highest BCUT2D eigenvalue weighted by Gasteiger charge is 2.39. The predicted molar refractivity (Wildman–Crippen MR) is 114 cm³/mol. The van der Waals surface area contributed by atoms with Crippen molar-refractivity contribution in [3.8, 4) is 5.75 Å². The van der Waals surface area contributed by atoms with Gasteiger partial charge in [-0.05, 0) is 50.3 Å². The van der Waals surface area contributed by atoms with E-state index in [2.05, 4.69) is 29.8 Å². The summed E-state index contributed by atoms with van der Waals surface area (Å²) >= 11 is 0. The maximum absolute atomic E-state index is 13.3. The number of allylic oxidation sites excluding steroid dienone is 1. The second-order valence-corrected chi connectivity index (χ2v) is 8.55. The van der Waals surface area contributed by atoms with Gasteiger partial charge in [0.1, 0.15) is 12.4 Å². The largest absolute Gasteiger partial charge is 0.489 e. The van der Waals surface area contributed by atoms with Gasteiger partial charge >= 0.3 is 0 Å². The molecule has 0 bridgehead atoms. The number of hydrogen-bond acceptors (Lipinski definition) is 4. The lowest BCUT2D eigenvalue weighted by Gasteiger charge is -2.37. The number of ether oxygens (including phenoxy) is 1. The molecule has 2 heterocycles. The van der Waals surface area contributed by atoms with Crippen molar-refractivity contribution in [2.45, 2.75) is 45.6 Å². The van der Waals surface area contributed by atoms with Gasteiger partial charge in [0.05, 0.1) is 11.0 Å². The smallest absolute Gasteiger partial charge is 0.255 e. The Morgan fingerprint density at radius 2 is 2.03 bits per heavy atom. The summed E-state index contributed by atoms with van der Waals surface area (Å²) in [6.07, 6.45) is 7.31. The third-order valence-electron chi connectivity index (χ3n) is 5.70. The summed E-state index contributed by atoms with van der Waals surface area (Å²) < 4.78 is 5.83. The summed E-state index contributed by atoms with van der Waals surface area (Å²) in [6.45, 7) is 6.64. The van der Waals surface area contributed by atoms with Crippen molar-refractivity contribution in [1.29, 1.82) is 0 Å². The number of rotatable bonds is 2. The number of amides is 2. The number of hydrogen-bond donors (Lipinski definition) is 3. The number of benzene rings is 1. The molecule has 158 valence electrons. The van der Waals surface area contributed by atoms with E-state index in [0.717, 1.165) is 25.8 Å². The fraction of sp³-hybridized carbons (Fsp3) is 0.565. The SMILES string of the molecule is CC(C)C[C@H]1CNC(=O)c2ccccc2OC/C=C/CC2(CCCNC2)C(=O)N1. The number of carbonyl (C=O) groups is 2. The maximum Gasteiger partial charge on any atom is 0.255 e. The van der Waals surface area contributed by atoms with Crippen LogP contribution in [0.15, 0.2) is 36.4 Å². The average molecular weight is 400 g/mol. The van der Waals surface area contributed by atoms with Crippen LogP contribution in [-0.4, -0.2) is 44.1 Å². The van der Waals surface area contributed by atoms with Crippen LogP contribution in [0.25, 0.3) is 0 Å². The van der Waals surface area contributed by atoms with E-state index in [1.807, 2.05) is 30.4 Å². The van der Waals surface area contributed by atoms with E-state index < -0.39 is 5.41 Å². The summed E-state index contributed by atoms with van der Waals surface area (Å²) in [6, 6.07) is 7.16. The zero-order chi connectivity index (χ0) is 20.7. The Kier molecular flexibility index (Phi) is 7.31. The number of nitrogens with one attached hydrogen (secondary N) is 3. The standard InChI is InChI=1S/C23H33N3O3/c1-17(2)14-18-15-25-21(27)19-8-3-4-9-20(19)29-13-6-5-10-23(22(28)26-18)11-7-12-24-16-23/h3-6,8-9,17-18,24H,7,10-16H2,1-2H3,(H,25,27)(H,26,28)/b6-5+/t18-,23?/m0/s1. The number of piperidine rings is 1. The average Bonchev–Trinajstić information content (AvgIpc) is 2.71. The highest BCUT2D eigenvalue weighted by molar-refractivity contribution is 5.97. The normalized spacial score (nSPS) is 27.3. The first-order valence-corrected chi connectivity index (χ1v) is 10.7. The lowest BCUT2D eigenvalue weighted by Crippen LogP contribution is -2.54. The quantitative estimate of drug-likeness (QED) is 0.668. The lowest BCUT2D eigenvalue weighted by molar-refractivity contribution is -0.132. The third-order valence-corrected chi connectivity index (χ3v) is 5.70. The predicted octanol–water partition coefficient (Wildman–Crippen LogP) is 2.66. The first-order chi connectivity index (χ1) is 14.0. The van der Waals surface area contributed by atoms with Crippen molar-refractivity contribution >= 4 is 11.8 Å². The third kappa shape index (κ3) is 5.60. The fourth-order valence-corrected chi connectivity index (χ4v) is 4.14. The van der Waals surface area contributed by atoms with E-state index in [1.54, 1.807) is 6.07 Å². The Hall–Kier alpha value is -2.34. The molecule has 0 aromatic heterocycles. The molecule has 0 radical (unpaired) electrons. The van der Waals surface area contributed by atoms with Crippen LogP contribution in [0.2, 0.25) is 0 Å². The minimum absolute atomic E-state index is 0.0765. The highest BCUT2D eigenvalue weighted by Crippen LogP contribution is 2.31. The fourth-order valence-electron chi connectivity index (χ4n) is 4.14. The van der Waals surface area contributed by atoms with Crippen LogP contribution in [0.4, 0.5) is 0 Å². The molecule has 1 aromatic rings. The Morgan fingerprint density at radius 1 is 1.21 bits per heavy atom. The molecule has 2 atom stereocenters. The van der Waals surface area contributed by atoms with Gasteiger partial charge in [0, 0.05) is 19.1 Å². The molecular formula is C23H33N3O3. The Balaban J connectivity index is 1.86. The van der Waals surface area contributed by atoms with Crippen molar-refractivity contribution in [2.75, 3.05) is 26.2 Å². The van der Waals surface area contributed by atoms with Gasteiger partial charge in [-0.3, -0.25) is 9.59 Å². The van der Waals surface area contributed by atoms with E-state index >= 15 is 0 Å². The molecule has 0 aliphatic carbocycles. The Labute approximate surface area is 173 Å². The molecular weight excluding hydrogens is 366 g/mol. The van der Waals surface area contributed by atoms with Gasteiger partial charge in [-0.15, -0.1) is 0 Å². The van der Waals surface area contributed by atoms with E-state index in [4.69, 9.17) is 4.74 Å². The molecule has 1 fully saturated rings. The molecule has 2 amide bonds. The summed E-state index contributed by atoms with van der Waals surface area (Å²) in [7, 11) is 0. The van der Waals surface area contributed by atoms with Crippen molar-refractivity contribution < 1.29 is 14.3 Å². The van der Waals surface area contributed by atoms with Crippen LogP contribution in [0.3, 0.4) is 0 Å². The number of carbonyl (C=O) groups excluding carboxylic acids is 2. The van der Waals surface area contributed by atoms with E-state index in [0.29, 0.717) is 43.3 Å². The molecule has 6 nitrogen and oxygen atoms in total. The molecule has 1 saturated heterocycles. The Morgan fingerprint density at radius 3 is 2.79 bits per heavy atom. The van der Waals surface area contributed by atoms with Crippen molar-refractivity contribution in [3.63, 3.8) is 0 Å². The molecule has 1 aromatic carbocycles. The second kappa shape index (κ2) is 9.92. The summed E-state index contributed by atoms with van der Waals surface area (Å²) in [4.78, 5) is 26.1.